The number of fused-ring (bicyclic) bond motifs is 1. The van der Waals surface area contributed by atoms with Gasteiger partial charge in [0.25, 0.3) is 5.91 Å². The van der Waals surface area contributed by atoms with E-state index in [-0.39, 0.29) is 17.9 Å². The van der Waals surface area contributed by atoms with Crippen LogP contribution in [0.25, 0.3) is 10.2 Å². The number of hydrogen-bond acceptors (Lipinski definition) is 5. The Morgan fingerprint density at radius 2 is 2.35 bits per heavy atom. The van der Waals surface area contributed by atoms with E-state index in [2.05, 4.69) is 10.3 Å². The van der Waals surface area contributed by atoms with E-state index in [1.54, 1.807) is 6.07 Å². The Balaban J connectivity index is 1.68. The molecule has 1 aliphatic carbocycles. The lowest BCUT2D eigenvalue weighted by atomic mass is 10.1. The monoisotopic (exact) mass is 291 g/mol. The van der Waals surface area contributed by atoms with E-state index in [1.807, 2.05) is 12.1 Å². The average Bonchev–Trinajstić information content (AvgIpc) is 2.99. The van der Waals surface area contributed by atoms with Crippen molar-refractivity contribution in [1.29, 1.82) is 0 Å². The largest absolute Gasteiger partial charge is 0.393 e. The Kier molecular flexibility index (Phi) is 3.58. The van der Waals surface area contributed by atoms with Gasteiger partial charge in [0.1, 0.15) is 0 Å². The van der Waals surface area contributed by atoms with E-state index in [1.165, 1.54) is 11.3 Å². The van der Waals surface area contributed by atoms with Gasteiger partial charge >= 0.3 is 0 Å². The Labute approximate surface area is 120 Å². The first-order valence-corrected chi connectivity index (χ1v) is 7.57. The number of anilines is 1. The highest BCUT2D eigenvalue weighted by Gasteiger charge is 2.25. The summed E-state index contributed by atoms with van der Waals surface area (Å²) in [5, 5.41) is 13.1. The molecule has 5 nitrogen and oxygen atoms in total. The Bertz CT molecular complexity index is 640. The molecule has 1 aliphatic rings. The lowest BCUT2D eigenvalue weighted by Crippen LogP contribution is -2.32. The maximum absolute atomic E-state index is 12.1. The molecule has 2 aromatic rings. The van der Waals surface area contributed by atoms with Gasteiger partial charge in [0.15, 0.2) is 5.13 Å². The van der Waals surface area contributed by atoms with Crippen molar-refractivity contribution in [2.24, 2.45) is 5.92 Å². The van der Waals surface area contributed by atoms with Gasteiger partial charge in [-0.3, -0.25) is 4.79 Å². The van der Waals surface area contributed by atoms with E-state index in [9.17, 15) is 9.90 Å². The second-order valence-corrected chi connectivity index (χ2v) is 6.27. The highest BCUT2D eigenvalue weighted by molar-refractivity contribution is 7.22. The maximum atomic E-state index is 12.1. The first-order chi connectivity index (χ1) is 9.63. The molecule has 1 aromatic carbocycles. The highest BCUT2D eigenvalue weighted by Crippen LogP contribution is 2.26. The maximum Gasteiger partial charge on any atom is 0.251 e. The van der Waals surface area contributed by atoms with Crippen LogP contribution in [0.4, 0.5) is 5.13 Å². The van der Waals surface area contributed by atoms with Crippen molar-refractivity contribution in [3.05, 3.63) is 23.8 Å². The quantitative estimate of drug-likeness (QED) is 0.804. The molecule has 1 heterocycles. The molecular weight excluding hydrogens is 274 g/mol. The van der Waals surface area contributed by atoms with Crippen molar-refractivity contribution in [2.75, 3.05) is 12.3 Å². The number of aliphatic hydroxyl groups excluding tert-OH is 1. The minimum Gasteiger partial charge on any atom is -0.393 e. The summed E-state index contributed by atoms with van der Waals surface area (Å²) >= 11 is 1.37. The standard InChI is InChI=1S/C14H17N3O2S/c15-14-17-10-5-4-8(6-12(10)20-14)13(19)16-7-9-2-1-3-11(9)18/h4-6,9,11,18H,1-3,7H2,(H2,15,17)(H,16,19). The number of rotatable bonds is 3. The van der Waals surface area contributed by atoms with Gasteiger partial charge in [0.2, 0.25) is 0 Å². The number of nitrogen functional groups attached to an aromatic ring is 1. The topological polar surface area (TPSA) is 88.2 Å². The third-order valence-electron chi connectivity index (χ3n) is 3.81. The number of nitrogens with one attached hydrogen (secondary N) is 1. The molecule has 20 heavy (non-hydrogen) atoms. The van der Waals surface area contributed by atoms with Crippen LogP contribution in [0.1, 0.15) is 29.6 Å². The molecule has 2 atom stereocenters. The number of amides is 1. The molecule has 106 valence electrons. The SMILES string of the molecule is Nc1nc2ccc(C(=O)NCC3CCCC3O)cc2s1. The van der Waals surface area contributed by atoms with Gasteiger partial charge in [-0.25, -0.2) is 4.98 Å². The molecule has 1 fully saturated rings. The second-order valence-electron chi connectivity index (χ2n) is 5.20. The fraction of sp³-hybridized carbons (Fsp3) is 0.429. The van der Waals surface area contributed by atoms with Gasteiger partial charge in [-0.05, 0) is 31.0 Å². The molecule has 0 aliphatic heterocycles. The van der Waals surface area contributed by atoms with E-state index < -0.39 is 0 Å². The van der Waals surface area contributed by atoms with Crippen LogP contribution in [-0.4, -0.2) is 28.6 Å². The fourth-order valence-electron chi connectivity index (χ4n) is 2.66. The first kappa shape index (κ1) is 13.3. The van der Waals surface area contributed by atoms with Gasteiger partial charge in [0, 0.05) is 18.0 Å². The zero-order chi connectivity index (χ0) is 14.1. The zero-order valence-corrected chi connectivity index (χ0v) is 11.8. The van der Waals surface area contributed by atoms with Crippen LogP contribution < -0.4 is 11.1 Å². The third kappa shape index (κ3) is 2.62. The zero-order valence-electron chi connectivity index (χ0n) is 11.0. The number of aromatic nitrogens is 1. The van der Waals surface area contributed by atoms with Crippen molar-refractivity contribution in [1.82, 2.24) is 10.3 Å². The molecule has 4 N–H and O–H groups in total. The lowest BCUT2D eigenvalue weighted by molar-refractivity contribution is 0.0917. The van der Waals surface area contributed by atoms with Crippen LogP contribution >= 0.6 is 11.3 Å². The predicted molar refractivity (Wildman–Crippen MR) is 79.7 cm³/mol. The molecule has 0 spiro atoms. The molecule has 1 amide bonds. The molecule has 6 heteroatoms. The van der Waals surface area contributed by atoms with Crippen molar-refractivity contribution in [2.45, 2.75) is 25.4 Å². The molecular formula is C14H17N3O2S. The number of hydrogen-bond donors (Lipinski definition) is 3. The van der Waals surface area contributed by atoms with Crippen LogP contribution in [0.3, 0.4) is 0 Å². The van der Waals surface area contributed by atoms with Crippen molar-refractivity contribution in [3.63, 3.8) is 0 Å². The number of nitrogens with zero attached hydrogens (tertiary/aromatic N) is 1. The van der Waals surface area contributed by atoms with Gasteiger partial charge < -0.3 is 16.2 Å². The number of carbonyl (C=O) groups is 1. The third-order valence-corrected chi connectivity index (χ3v) is 4.66. The summed E-state index contributed by atoms with van der Waals surface area (Å²) in [5.74, 6) is 0.0692. The predicted octanol–water partition coefficient (Wildman–Crippen LogP) is 1.77. The molecule has 0 saturated heterocycles. The second kappa shape index (κ2) is 5.38. The number of aliphatic hydroxyl groups is 1. The summed E-state index contributed by atoms with van der Waals surface area (Å²) in [4.78, 5) is 16.3. The van der Waals surface area contributed by atoms with E-state index in [0.29, 0.717) is 17.2 Å². The van der Waals surface area contributed by atoms with Crippen molar-refractivity contribution in [3.8, 4) is 0 Å². The van der Waals surface area contributed by atoms with Crippen molar-refractivity contribution >= 4 is 32.6 Å². The van der Waals surface area contributed by atoms with Gasteiger partial charge in [-0.15, -0.1) is 0 Å². The van der Waals surface area contributed by atoms with Gasteiger partial charge in [-0.1, -0.05) is 17.8 Å². The van der Waals surface area contributed by atoms with E-state index >= 15 is 0 Å². The highest BCUT2D eigenvalue weighted by atomic mass is 32.1. The Hall–Kier alpha value is -1.66. The van der Waals surface area contributed by atoms with Crippen LogP contribution in [0.15, 0.2) is 18.2 Å². The fourth-order valence-corrected chi connectivity index (χ4v) is 3.44. The Morgan fingerprint density at radius 3 is 3.10 bits per heavy atom. The summed E-state index contributed by atoms with van der Waals surface area (Å²) in [5.41, 5.74) is 7.07. The van der Waals surface area contributed by atoms with Crippen LogP contribution in [0, 0.1) is 5.92 Å². The summed E-state index contributed by atoms with van der Waals surface area (Å²) < 4.78 is 0.913. The average molecular weight is 291 g/mol. The smallest absolute Gasteiger partial charge is 0.251 e. The summed E-state index contributed by atoms with van der Waals surface area (Å²) in [6, 6.07) is 5.37. The molecule has 0 radical (unpaired) electrons. The molecule has 2 unspecified atom stereocenters. The number of carbonyl (C=O) groups excluding carboxylic acids is 1. The van der Waals surface area contributed by atoms with E-state index in [4.69, 9.17) is 5.73 Å². The molecule has 3 rings (SSSR count). The summed E-state index contributed by atoms with van der Waals surface area (Å²) in [6.45, 7) is 0.531. The van der Waals surface area contributed by atoms with Gasteiger partial charge in [-0.2, -0.15) is 0 Å². The minimum absolute atomic E-state index is 0.113. The Morgan fingerprint density at radius 1 is 1.50 bits per heavy atom. The summed E-state index contributed by atoms with van der Waals surface area (Å²) in [7, 11) is 0. The van der Waals surface area contributed by atoms with Gasteiger partial charge in [0.05, 0.1) is 16.3 Å². The normalized spacial score (nSPS) is 22.2. The molecule has 0 bridgehead atoms. The number of thiazole rings is 1. The number of benzene rings is 1. The minimum atomic E-state index is -0.279. The van der Waals surface area contributed by atoms with Crippen LogP contribution in [-0.2, 0) is 0 Å². The lowest BCUT2D eigenvalue weighted by Gasteiger charge is -2.15. The molecule has 1 saturated carbocycles. The molecule has 1 aromatic heterocycles. The summed E-state index contributed by atoms with van der Waals surface area (Å²) in [6.07, 6.45) is 2.57. The van der Waals surface area contributed by atoms with Crippen LogP contribution in [0.5, 0.6) is 0 Å². The van der Waals surface area contributed by atoms with E-state index in [0.717, 1.165) is 29.5 Å². The van der Waals surface area contributed by atoms with Crippen molar-refractivity contribution < 1.29 is 9.90 Å². The number of nitrogens with two attached hydrogens (primary N) is 1. The first-order valence-electron chi connectivity index (χ1n) is 6.76. The van der Waals surface area contributed by atoms with Crippen LogP contribution in [0.2, 0.25) is 0 Å².